The molecule has 0 aliphatic rings. The van der Waals surface area contributed by atoms with Crippen LogP contribution >= 0.6 is 15.9 Å². The Hall–Kier alpha value is -0.760. The van der Waals surface area contributed by atoms with Crippen molar-refractivity contribution >= 4 is 26.8 Å². The number of aromatic amines is 1. The molecule has 62 valence electrons. The lowest BCUT2D eigenvalue weighted by Crippen LogP contribution is -1.77. The van der Waals surface area contributed by atoms with Gasteiger partial charge in [0.25, 0.3) is 0 Å². The van der Waals surface area contributed by atoms with Crippen LogP contribution < -0.4 is 0 Å². The lowest BCUT2D eigenvalue weighted by molar-refractivity contribution is 1.40. The average Bonchev–Trinajstić information content (AvgIpc) is 2.42. The van der Waals surface area contributed by atoms with Crippen molar-refractivity contribution in [2.75, 3.05) is 0 Å². The fraction of sp³-hybridized carbons (Fsp3) is 0.200. The van der Waals surface area contributed by atoms with Gasteiger partial charge in [0.15, 0.2) is 0 Å². The van der Waals surface area contributed by atoms with Crippen molar-refractivity contribution in [3.05, 3.63) is 33.9 Å². The van der Waals surface area contributed by atoms with Crippen molar-refractivity contribution in [3.63, 3.8) is 0 Å². The maximum absolute atomic E-state index is 3.54. The Morgan fingerprint density at radius 1 is 1.17 bits per heavy atom. The van der Waals surface area contributed by atoms with Crippen molar-refractivity contribution < 1.29 is 0 Å². The first-order chi connectivity index (χ1) is 5.70. The lowest BCUT2D eigenvalue weighted by Gasteiger charge is -1.98. The molecule has 0 spiro atoms. The molecule has 1 heterocycles. The zero-order valence-electron chi connectivity index (χ0n) is 7.11. The van der Waals surface area contributed by atoms with Gasteiger partial charge in [-0.15, -0.1) is 0 Å². The van der Waals surface area contributed by atoms with Gasteiger partial charge >= 0.3 is 0 Å². The fourth-order valence-electron chi connectivity index (χ4n) is 1.51. The molecular weight excluding hydrogens is 214 g/mol. The summed E-state index contributed by atoms with van der Waals surface area (Å²) in [4.78, 5) is 3.27. The maximum atomic E-state index is 3.54. The molecule has 2 aromatic rings. The first kappa shape index (κ1) is 7.87. The number of hydrogen-bond donors (Lipinski definition) is 1. The van der Waals surface area contributed by atoms with Crippen LogP contribution in [0.25, 0.3) is 10.9 Å². The Labute approximate surface area is 79.9 Å². The minimum atomic E-state index is 1.17. The summed E-state index contributed by atoms with van der Waals surface area (Å²) in [6.07, 6.45) is 2.04. The van der Waals surface area contributed by atoms with Crippen LogP contribution in [-0.2, 0) is 0 Å². The molecule has 0 unspecified atom stereocenters. The zero-order chi connectivity index (χ0) is 8.72. The van der Waals surface area contributed by atoms with Gasteiger partial charge in [0.05, 0.1) is 0 Å². The molecule has 0 fully saturated rings. The molecule has 2 heteroatoms. The second-order valence-corrected chi connectivity index (χ2v) is 3.94. The Bertz CT molecular complexity index is 429. The van der Waals surface area contributed by atoms with Crippen LogP contribution in [0.15, 0.2) is 22.8 Å². The minimum absolute atomic E-state index is 1.17. The third-order valence-corrected chi connectivity index (χ3v) is 2.85. The summed E-state index contributed by atoms with van der Waals surface area (Å²) in [5, 5.41) is 1.30. The summed E-state index contributed by atoms with van der Waals surface area (Å²) in [6, 6.07) is 4.21. The number of H-pyrrole nitrogens is 1. The number of hydrogen-bond acceptors (Lipinski definition) is 0. The van der Waals surface area contributed by atoms with Gasteiger partial charge in [-0.3, -0.25) is 0 Å². The highest BCUT2D eigenvalue weighted by Gasteiger charge is 2.04. The van der Waals surface area contributed by atoms with Gasteiger partial charge in [-0.25, -0.2) is 0 Å². The summed E-state index contributed by atoms with van der Waals surface area (Å²) in [5.74, 6) is 0. The van der Waals surface area contributed by atoms with Crippen LogP contribution in [0.2, 0.25) is 0 Å². The molecule has 0 bridgehead atoms. The van der Waals surface area contributed by atoms with Gasteiger partial charge in [-0.2, -0.15) is 0 Å². The molecule has 0 saturated heterocycles. The standard InChI is InChI=1S/C10H10BrN/c1-6-3-4-8(11)9-7(2)5-12-10(6)9/h3-5,12H,1-2H3. The Kier molecular flexibility index (Phi) is 1.72. The van der Waals surface area contributed by atoms with Crippen molar-refractivity contribution in [2.24, 2.45) is 0 Å². The molecule has 1 aromatic heterocycles. The zero-order valence-corrected chi connectivity index (χ0v) is 8.70. The number of benzene rings is 1. The van der Waals surface area contributed by atoms with Gasteiger partial charge in [-0.1, -0.05) is 22.0 Å². The Balaban J connectivity index is 2.98. The van der Waals surface area contributed by atoms with Crippen molar-refractivity contribution in [1.82, 2.24) is 4.98 Å². The van der Waals surface area contributed by atoms with E-state index in [-0.39, 0.29) is 0 Å². The maximum Gasteiger partial charge on any atom is 0.0497 e. The predicted octanol–water partition coefficient (Wildman–Crippen LogP) is 3.55. The lowest BCUT2D eigenvalue weighted by atomic mass is 10.1. The van der Waals surface area contributed by atoms with Crippen molar-refractivity contribution in [3.8, 4) is 0 Å². The molecule has 1 nitrogen and oxygen atoms in total. The summed E-state index contributed by atoms with van der Waals surface area (Å²) in [5.41, 5.74) is 3.82. The Morgan fingerprint density at radius 2 is 1.92 bits per heavy atom. The van der Waals surface area contributed by atoms with Crippen LogP contribution in [0, 0.1) is 13.8 Å². The monoisotopic (exact) mass is 223 g/mol. The highest BCUT2D eigenvalue weighted by Crippen LogP contribution is 2.28. The molecule has 0 atom stereocenters. The smallest absolute Gasteiger partial charge is 0.0497 e. The largest absolute Gasteiger partial charge is 0.361 e. The Morgan fingerprint density at radius 3 is 2.58 bits per heavy atom. The fourth-order valence-corrected chi connectivity index (χ4v) is 2.15. The van der Waals surface area contributed by atoms with Gasteiger partial charge in [0.1, 0.15) is 0 Å². The molecule has 0 aliphatic heterocycles. The normalized spacial score (nSPS) is 10.9. The van der Waals surface area contributed by atoms with Gasteiger partial charge < -0.3 is 4.98 Å². The van der Waals surface area contributed by atoms with E-state index in [9.17, 15) is 0 Å². The topological polar surface area (TPSA) is 15.8 Å². The van der Waals surface area contributed by atoms with E-state index in [2.05, 4.69) is 46.9 Å². The number of fused-ring (bicyclic) bond motifs is 1. The van der Waals surface area contributed by atoms with Gasteiger partial charge in [0, 0.05) is 21.6 Å². The van der Waals surface area contributed by atoms with E-state index in [1.54, 1.807) is 0 Å². The second kappa shape index (κ2) is 2.63. The molecule has 0 amide bonds. The molecule has 2 rings (SSSR count). The van der Waals surface area contributed by atoms with E-state index >= 15 is 0 Å². The SMILES string of the molecule is Cc1ccc(Br)c2c(C)c[nH]c12. The van der Waals surface area contributed by atoms with E-state index in [0.29, 0.717) is 0 Å². The molecule has 0 saturated carbocycles. The third-order valence-electron chi connectivity index (χ3n) is 2.19. The summed E-state index contributed by atoms with van der Waals surface area (Å²) >= 11 is 3.54. The molecule has 1 aromatic carbocycles. The molecule has 12 heavy (non-hydrogen) atoms. The highest BCUT2D eigenvalue weighted by atomic mass is 79.9. The van der Waals surface area contributed by atoms with Crippen LogP contribution in [0.4, 0.5) is 0 Å². The van der Waals surface area contributed by atoms with E-state index in [4.69, 9.17) is 0 Å². The van der Waals surface area contributed by atoms with Crippen LogP contribution in [0.3, 0.4) is 0 Å². The third kappa shape index (κ3) is 0.985. The number of halogens is 1. The van der Waals surface area contributed by atoms with Crippen molar-refractivity contribution in [2.45, 2.75) is 13.8 Å². The second-order valence-electron chi connectivity index (χ2n) is 3.09. The van der Waals surface area contributed by atoms with Crippen molar-refractivity contribution in [1.29, 1.82) is 0 Å². The minimum Gasteiger partial charge on any atom is -0.361 e. The average molecular weight is 224 g/mol. The van der Waals surface area contributed by atoms with E-state index in [1.165, 1.54) is 26.5 Å². The first-order valence-electron chi connectivity index (χ1n) is 3.93. The van der Waals surface area contributed by atoms with Crippen LogP contribution in [-0.4, -0.2) is 4.98 Å². The number of rotatable bonds is 0. The summed E-state index contributed by atoms with van der Waals surface area (Å²) in [6.45, 7) is 4.23. The van der Waals surface area contributed by atoms with Crippen LogP contribution in [0.1, 0.15) is 11.1 Å². The predicted molar refractivity (Wildman–Crippen MR) is 55.5 cm³/mol. The van der Waals surface area contributed by atoms with Gasteiger partial charge in [0.2, 0.25) is 0 Å². The molecule has 0 aliphatic carbocycles. The molecule has 1 N–H and O–H groups in total. The molecule has 0 radical (unpaired) electrons. The number of nitrogens with one attached hydrogen (secondary N) is 1. The van der Waals surface area contributed by atoms with E-state index < -0.39 is 0 Å². The molecular formula is C10H10BrN. The van der Waals surface area contributed by atoms with Gasteiger partial charge in [-0.05, 0) is 31.0 Å². The van der Waals surface area contributed by atoms with E-state index in [1.807, 2.05) is 6.20 Å². The first-order valence-corrected chi connectivity index (χ1v) is 4.72. The summed E-state index contributed by atoms with van der Waals surface area (Å²) in [7, 11) is 0. The number of aryl methyl sites for hydroxylation is 2. The van der Waals surface area contributed by atoms with Crippen LogP contribution in [0.5, 0.6) is 0 Å². The number of aromatic nitrogens is 1. The quantitative estimate of drug-likeness (QED) is 0.704. The highest BCUT2D eigenvalue weighted by molar-refractivity contribution is 9.10. The summed E-state index contributed by atoms with van der Waals surface area (Å²) < 4.78 is 1.17. The van der Waals surface area contributed by atoms with E-state index in [0.717, 1.165) is 0 Å².